The SMILES string of the molecule is Cc1ccc(NC(=O)Cn2cnc3c(C)cccc3c2=O)cc1NS(=O)(=O)c1ccccc1. The topological polar surface area (TPSA) is 110 Å². The van der Waals surface area contributed by atoms with Crippen molar-refractivity contribution in [3.63, 3.8) is 0 Å². The molecule has 168 valence electrons. The number of para-hydroxylation sites is 1. The molecule has 0 saturated carbocycles. The highest BCUT2D eigenvalue weighted by Crippen LogP contribution is 2.23. The minimum Gasteiger partial charge on any atom is -0.324 e. The molecule has 2 N–H and O–H groups in total. The smallest absolute Gasteiger partial charge is 0.261 e. The molecule has 0 aliphatic rings. The number of nitrogens with one attached hydrogen (secondary N) is 2. The van der Waals surface area contributed by atoms with Gasteiger partial charge in [-0.15, -0.1) is 0 Å². The van der Waals surface area contributed by atoms with Crippen molar-refractivity contribution < 1.29 is 13.2 Å². The minimum atomic E-state index is -3.78. The normalized spacial score (nSPS) is 11.3. The van der Waals surface area contributed by atoms with E-state index in [1.807, 2.05) is 13.0 Å². The molecule has 0 saturated heterocycles. The van der Waals surface area contributed by atoms with Crippen LogP contribution in [0.3, 0.4) is 0 Å². The summed E-state index contributed by atoms with van der Waals surface area (Å²) < 4.78 is 29.1. The van der Waals surface area contributed by atoms with Crippen molar-refractivity contribution in [1.29, 1.82) is 0 Å². The second-order valence-corrected chi connectivity index (χ2v) is 9.33. The molecule has 0 fully saturated rings. The average Bonchev–Trinajstić information content (AvgIpc) is 2.79. The number of benzene rings is 3. The van der Waals surface area contributed by atoms with Gasteiger partial charge in [0.1, 0.15) is 6.54 Å². The van der Waals surface area contributed by atoms with E-state index in [2.05, 4.69) is 15.0 Å². The third kappa shape index (κ3) is 4.78. The Labute approximate surface area is 191 Å². The summed E-state index contributed by atoms with van der Waals surface area (Å²) in [6, 6.07) is 18.2. The summed E-state index contributed by atoms with van der Waals surface area (Å²) >= 11 is 0. The highest BCUT2D eigenvalue weighted by Gasteiger charge is 2.16. The summed E-state index contributed by atoms with van der Waals surface area (Å²) in [6.45, 7) is 3.40. The van der Waals surface area contributed by atoms with Gasteiger partial charge in [-0.05, 0) is 55.3 Å². The first-order valence-electron chi connectivity index (χ1n) is 10.2. The lowest BCUT2D eigenvalue weighted by Crippen LogP contribution is -2.28. The molecule has 0 unspecified atom stereocenters. The molecule has 1 amide bonds. The summed E-state index contributed by atoms with van der Waals surface area (Å²) in [7, 11) is -3.78. The third-order valence-electron chi connectivity index (χ3n) is 5.19. The number of hydrogen-bond donors (Lipinski definition) is 2. The van der Waals surface area contributed by atoms with Gasteiger partial charge in [-0.1, -0.05) is 36.4 Å². The number of aryl methyl sites for hydroxylation is 2. The van der Waals surface area contributed by atoms with E-state index >= 15 is 0 Å². The molecule has 0 aliphatic carbocycles. The van der Waals surface area contributed by atoms with Crippen LogP contribution in [-0.4, -0.2) is 23.9 Å². The molecule has 0 radical (unpaired) electrons. The Morgan fingerprint density at radius 2 is 1.73 bits per heavy atom. The number of carbonyl (C=O) groups is 1. The molecule has 1 heterocycles. The van der Waals surface area contributed by atoms with Gasteiger partial charge < -0.3 is 5.32 Å². The van der Waals surface area contributed by atoms with Gasteiger partial charge in [-0.25, -0.2) is 13.4 Å². The summed E-state index contributed by atoms with van der Waals surface area (Å²) in [5.41, 5.74) is 2.61. The van der Waals surface area contributed by atoms with Gasteiger partial charge in [0.15, 0.2) is 0 Å². The van der Waals surface area contributed by atoms with Crippen LogP contribution in [0.5, 0.6) is 0 Å². The van der Waals surface area contributed by atoms with Crippen molar-refractivity contribution in [3.8, 4) is 0 Å². The Balaban J connectivity index is 1.53. The molecule has 0 atom stereocenters. The van der Waals surface area contributed by atoms with Crippen molar-refractivity contribution in [3.05, 3.63) is 94.5 Å². The van der Waals surface area contributed by atoms with E-state index in [-0.39, 0.29) is 17.0 Å². The fourth-order valence-electron chi connectivity index (χ4n) is 3.42. The number of amides is 1. The first-order chi connectivity index (χ1) is 15.7. The molecule has 3 aromatic carbocycles. The summed E-state index contributed by atoms with van der Waals surface area (Å²) in [5, 5.41) is 3.15. The van der Waals surface area contributed by atoms with Crippen LogP contribution in [0.2, 0.25) is 0 Å². The maximum Gasteiger partial charge on any atom is 0.261 e. The number of rotatable bonds is 6. The average molecular weight is 463 g/mol. The van der Waals surface area contributed by atoms with Gasteiger partial charge in [0, 0.05) is 5.69 Å². The van der Waals surface area contributed by atoms with E-state index < -0.39 is 15.9 Å². The van der Waals surface area contributed by atoms with Crippen LogP contribution in [0.1, 0.15) is 11.1 Å². The second kappa shape index (κ2) is 8.87. The zero-order valence-corrected chi connectivity index (χ0v) is 18.9. The number of nitrogens with zero attached hydrogens (tertiary/aromatic N) is 2. The molecule has 1 aromatic heterocycles. The second-order valence-electron chi connectivity index (χ2n) is 7.65. The predicted molar refractivity (Wildman–Crippen MR) is 128 cm³/mol. The fourth-order valence-corrected chi connectivity index (χ4v) is 4.56. The van der Waals surface area contributed by atoms with Crippen LogP contribution < -0.4 is 15.6 Å². The molecule has 4 rings (SSSR count). The van der Waals surface area contributed by atoms with Gasteiger partial charge in [0.25, 0.3) is 15.6 Å². The van der Waals surface area contributed by atoms with E-state index in [9.17, 15) is 18.0 Å². The van der Waals surface area contributed by atoms with Crippen molar-refractivity contribution >= 4 is 38.2 Å². The van der Waals surface area contributed by atoms with Crippen LogP contribution in [0.25, 0.3) is 10.9 Å². The molecule has 0 spiro atoms. The van der Waals surface area contributed by atoms with Crippen LogP contribution in [0, 0.1) is 13.8 Å². The van der Waals surface area contributed by atoms with Crippen LogP contribution >= 0.6 is 0 Å². The molecule has 33 heavy (non-hydrogen) atoms. The van der Waals surface area contributed by atoms with Gasteiger partial charge in [-0.3, -0.25) is 18.9 Å². The van der Waals surface area contributed by atoms with Crippen LogP contribution in [0.4, 0.5) is 11.4 Å². The Morgan fingerprint density at radius 1 is 0.970 bits per heavy atom. The highest BCUT2D eigenvalue weighted by molar-refractivity contribution is 7.92. The Morgan fingerprint density at radius 3 is 2.48 bits per heavy atom. The fraction of sp³-hybridized carbons (Fsp3) is 0.125. The lowest BCUT2D eigenvalue weighted by molar-refractivity contribution is -0.116. The van der Waals surface area contributed by atoms with Gasteiger partial charge in [-0.2, -0.15) is 0 Å². The quantitative estimate of drug-likeness (QED) is 0.456. The molecule has 8 nitrogen and oxygen atoms in total. The summed E-state index contributed by atoms with van der Waals surface area (Å²) in [6.07, 6.45) is 1.35. The van der Waals surface area contributed by atoms with Gasteiger partial charge in [0.2, 0.25) is 5.91 Å². The molecule has 4 aromatic rings. The van der Waals surface area contributed by atoms with Crippen LogP contribution in [-0.2, 0) is 21.4 Å². The Kier molecular flexibility index (Phi) is 5.97. The number of carbonyl (C=O) groups excluding carboxylic acids is 1. The lowest BCUT2D eigenvalue weighted by atomic mass is 10.1. The molecule has 9 heteroatoms. The van der Waals surface area contributed by atoms with Crippen molar-refractivity contribution in [1.82, 2.24) is 9.55 Å². The monoisotopic (exact) mass is 462 g/mol. The Bertz CT molecular complexity index is 1510. The minimum absolute atomic E-state index is 0.136. The molecular weight excluding hydrogens is 440 g/mol. The summed E-state index contributed by atoms with van der Waals surface area (Å²) in [4.78, 5) is 29.8. The molecule has 0 aliphatic heterocycles. The zero-order valence-electron chi connectivity index (χ0n) is 18.1. The van der Waals surface area contributed by atoms with Gasteiger partial charge >= 0.3 is 0 Å². The molecule has 0 bridgehead atoms. The van der Waals surface area contributed by atoms with Crippen LogP contribution in [0.15, 0.2) is 82.7 Å². The summed E-state index contributed by atoms with van der Waals surface area (Å²) in [5.74, 6) is -0.438. The van der Waals surface area contributed by atoms with E-state index in [1.165, 1.54) is 23.0 Å². The number of aromatic nitrogens is 2. The van der Waals surface area contributed by atoms with Crippen molar-refractivity contribution in [2.75, 3.05) is 10.0 Å². The zero-order chi connectivity index (χ0) is 23.6. The Hall–Kier alpha value is -3.98. The number of hydrogen-bond acceptors (Lipinski definition) is 5. The molecular formula is C24H22N4O4S. The number of fused-ring (bicyclic) bond motifs is 1. The first kappa shape index (κ1) is 22.2. The largest absolute Gasteiger partial charge is 0.324 e. The van der Waals surface area contributed by atoms with Crippen molar-refractivity contribution in [2.45, 2.75) is 25.3 Å². The van der Waals surface area contributed by atoms with Crippen molar-refractivity contribution in [2.24, 2.45) is 0 Å². The maximum atomic E-state index is 12.7. The lowest BCUT2D eigenvalue weighted by Gasteiger charge is -2.13. The van der Waals surface area contributed by atoms with E-state index in [0.717, 1.165) is 5.56 Å². The van der Waals surface area contributed by atoms with E-state index in [4.69, 9.17) is 0 Å². The van der Waals surface area contributed by atoms with Gasteiger partial charge in [0.05, 0.1) is 27.8 Å². The number of anilines is 2. The third-order valence-corrected chi connectivity index (χ3v) is 6.57. The maximum absolute atomic E-state index is 12.7. The highest BCUT2D eigenvalue weighted by atomic mass is 32.2. The first-order valence-corrected chi connectivity index (χ1v) is 11.7. The van der Waals surface area contributed by atoms with E-state index in [0.29, 0.717) is 27.8 Å². The predicted octanol–water partition coefficient (Wildman–Crippen LogP) is 3.45. The van der Waals surface area contributed by atoms with E-state index in [1.54, 1.807) is 55.5 Å². The number of sulfonamides is 1. The standard InChI is InChI=1S/C24H22N4O4S/c1-16-11-12-18(13-21(16)27-33(31,32)19-8-4-3-5-9-19)26-22(29)14-28-15-25-23-17(2)7-6-10-20(23)24(28)30/h3-13,15,27H,14H2,1-2H3,(H,26,29).